The molecule has 0 fully saturated rings. The number of hydrogen-bond acceptors (Lipinski definition) is 5. The van der Waals surface area contributed by atoms with E-state index in [0.717, 1.165) is 10.8 Å². The van der Waals surface area contributed by atoms with E-state index in [0.29, 0.717) is 34.9 Å². The molecule has 0 saturated heterocycles. The molecule has 0 unspecified atom stereocenters. The number of carbonyl (C=O) groups excluding carboxylic acids is 3. The van der Waals surface area contributed by atoms with Crippen molar-refractivity contribution in [2.24, 2.45) is 5.92 Å². The van der Waals surface area contributed by atoms with Crippen molar-refractivity contribution < 1.29 is 24.2 Å². The van der Waals surface area contributed by atoms with Crippen molar-refractivity contribution in [1.29, 1.82) is 0 Å². The van der Waals surface area contributed by atoms with Crippen molar-refractivity contribution in [3.8, 4) is 5.75 Å². The molecule has 45 heavy (non-hydrogen) atoms. The molecule has 10 heteroatoms. The third-order valence-electron chi connectivity index (χ3n) is 8.04. The Labute approximate surface area is 263 Å². The van der Waals surface area contributed by atoms with E-state index in [2.05, 4.69) is 16.0 Å². The highest BCUT2D eigenvalue weighted by molar-refractivity contribution is 6.01. The van der Waals surface area contributed by atoms with Crippen molar-refractivity contribution in [2.45, 2.75) is 32.4 Å². The van der Waals surface area contributed by atoms with E-state index in [9.17, 15) is 19.5 Å². The molecule has 4 aromatic rings. The third-order valence-corrected chi connectivity index (χ3v) is 8.04. The Kier molecular flexibility index (Phi) is 9.84. The van der Waals surface area contributed by atoms with Gasteiger partial charge in [-0.25, -0.2) is 9.59 Å². The van der Waals surface area contributed by atoms with Crippen LogP contribution in [0.25, 0.3) is 10.8 Å². The number of amides is 5. The lowest BCUT2D eigenvalue weighted by molar-refractivity contribution is -0.134. The minimum Gasteiger partial charge on any atom is -0.488 e. The number of rotatable bonds is 7. The summed E-state index contributed by atoms with van der Waals surface area (Å²) in [5.74, 6) is 0.147. The number of para-hydroxylation sites is 1. The second kappa shape index (κ2) is 14.1. The molecular weight excluding hydrogens is 570 g/mol. The van der Waals surface area contributed by atoms with Crippen LogP contribution in [0.4, 0.5) is 26.7 Å². The normalized spacial score (nSPS) is 17.2. The van der Waals surface area contributed by atoms with Crippen LogP contribution in [0.2, 0.25) is 0 Å². The highest BCUT2D eigenvalue weighted by Crippen LogP contribution is 2.30. The monoisotopic (exact) mass is 609 g/mol. The average Bonchev–Trinajstić information content (AvgIpc) is 3.08. The summed E-state index contributed by atoms with van der Waals surface area (Å²) in [4.78, 5) is 42.8. The van der Waals surface area contributed by atoms with Crippen LogP contribution in [0, 0.1) is 5.92 Å². The van der Waals surface area contributed by atoms with E-state index < -0.39 is 18.2 Å². The standard InChI is InChI=1S/C35H39N5O5/c1-23-20-40(24(2)22-41)33(42)19-26-18-28(37-34(43)36-27-12-5-4-6-13-27)16-17-31(26)45-32(23)21-39(3)35(44)38-30-15-9-11-25-10-7-8-14-29(25)30/h4-18,23-24,32,41H,19-22H2,1-3H3,(H,38,44)(H2,36,37,43)/t23-,24+,32-/m0/s1. The highest BCUT2D eigenvalue weighted by atomic mass is 16.5. The number of ether oxygens (including phenoxy) is 1. The Morgan fingerprint density at radius 2 is 1.67 bits per heavy atom. The van der Waals surface area contributed by atoms with Gasteiger partial charge in [0.2, 0.25) is 5.91 Å². The Morgan fingerprint density at radius 1 is 0.956 bits per heavy atom. The number of anilines is 3. The molecular formula is C35H39N5O5. The van der Waals surface area contributed by atoms with Crippen molar-refractivity contribution in [3.63, 3.8) is 0 Å². The first kappa shape index (κ1) is 31.3. The molecule has 10 nitrogen and oxygen atoms in total. The van der Waals surface area contributed by atoms with Crippen LogP contribution in [0.3, 0.4) is 0 Å². The molecule has 0 radical (unpaired) electrons. The lowest BCUT2D eigenvalue weighted by Crippen LogP contribution is -2.48. The molecule has 3 atom stereocenters. The minimum absolute atomic E-state index is 0.0202. The lowest BCUT2D eigenvalue weighted by Gasteiger charge is -2.34. The van der Waals surface area contributed by atoms with Crippen LogP contribution >= 0.6 is 0 Å². The zero-order valence-corrected chi connectivity index (χ0v) is 25.7. The van der Waals surface area contributed by atoms with Crippen LogP contribution in [0.15, 0.2) is 91.0 Å². The second-order valence-corrected chi connectivity index (χ2v) is 11.5. The maximum Gasteiger partial charge on any atom is 0.323 e. The molecule has 0 spiro atoms. The van der Waals surface area contributed by atoms with Crippen molar-refractivity contribution in [1.82, 2.24) is 9.80 Å². The smallest absolute Gasteiger partial charge is 0.323 e. The van der Waals surface area contributed by atoms with Gasteiger partial charge in [0, 0.05) is 41.8 Å². The molecule has 1 heterocycles. The molecule has 1 aliphatic rings. The highest BCUT2D eigenvalue weighted by Gasteiger charge is 2.32. The van der Waals surface area contributed by atoms with Crippen molar-refractivity contribution in [2.75, 3.05) is 42.7 Å². The van der Waals surface area contributed by atoms with E-state index in [4.69, 9.17) is 4.74 Å². The van der Waals surface area contributed by atoms with Gasteiger partial charge in [0.05, 0.1) is 31.3 Å². The fourth-order valence-electron chi connectivity index (χ4n) is 5.44. The van der Waals surface area contributed by atoms with Gasteiger partial charge >= 0.3 is 12.1 Å². The van der Waals surface area contributed by atoms with Crippen LogP contribution in [0.5, 0.6) is 5.75 Å². The molecule has 0 bridgehead atoms. The van der Waals surface area contributed by atoms with Gasteiger partial charge in [-0.1, -0.05) is 61.5 Å². The van der Waals surface area contributed by atoms with E-state index in [1.165, 1.54) is 0 Å². The summed E-state index contributed by atoms with van der Waals surface area (Å²) in [5.41, 5.74) is 2.45. The zero-order valence-electron chi connectivity index (χ0n) is 25.7. The molecule has 5 amide bonds. The Bertz CT molecular complexity index is 1660. The maximum atomic E-state index is 13.5. The largest absolute Gasteiger partial charge is 0.488 e. The van der Waals surface area contributed by atoms with Gasteiger partial charge in [-0.3, -0.25) is 4.79 Å². The second-order valence-electron chi connectivity index (χ2n) is 11.5. The van der Waals surface area contributed by atoms with Crippen LogP contribution in [-0.2, 0) is 11.2 Å². The van der Waals surface area contributed by atoms with Crippen molar-refractivity contribution in [3.05, 3.63) is 96.6 Å². The molecule has 5 rings (SSSR count). The summed E-state index contributed by atoms with van der Waals surface area (Å²) in [6.07, 6.45) is -0.460. The Hall–Kier alpha value is -5.09. The van der Waals surface area contributed by atoms with Crippen molar-refractivity contribution >= 4 is 45.8 Å². The summed E-state index contributed by atoms with van der Waals surface area (Å²) in [7, 11) is 1.71. The number of aliphatic hydroxyl groups is 1. The maximum absolute atomic E-state index is 13.5. The number of aliphatic hydroxyl groups excluding tert-OH is 1. The van der Waals surface area contributed by atoms with E-state index in [1.54, 1.807) is 54.1 Å². The van der Waals surface area contributed by atoms with Crippen LogP contribution < -0.4 is 20.7 Å². The number of hydrogen-bond donors (Lipinski definition) is 4. The number of nitrogens with one attached hydrogen (secondary N) is 3. The van der Waals surface area contributed by atoms with Crippen LogP contribution in [0.1, 0.15) is 19.4 Å². The fraction of sp³-hybridized carbons (Fsp3) is 0.286. The average molecular weight is 610 g/mol. The summed E-state index contributed by atoms with van der Waals surface area (Å²) in [6, 6.07) is 26.8. The van der Waals surface area contributed by atoms with Gasteiger partial charge in [-0.15, -0.1) is 0 Å². The number of fused-ring (bicyclic) bond motifs is 2. The minimum atomic E-state index is -0.480. The lowest BCUT2D eigenvalue weighted by atomic mass is 10.0. The van der Waals surface area contributed by atoms with Gasteiger partial charge < -0.3 is 35.6 Å². The first-order valence-corrected chi connectivity index (χ1v) is 15.0. The quantitative estimate of drug-likeness (QED) is 0.211. The van der Waals surface area contributed by atoms with Gasteiger partial charge in [0.15, 0.2) is 0 Å². The van der Waals surface area contributed by atoms with Crippen LogP contribution in [-0.4, -0.2) is 71.8 Å². The first-order valence-electron chi connectivity index (χ1n) is 15.0. The zero-order chi connectivity index (χ0) is 31.9. The molecule has 1 aliphatic heterocycles. The summed E-state index contributed by atoms with van der Waals surface area (Å²) >= 11 is 0. The molecule has 234 valence electrons. The van der Waals surface area contributed by atoms with Gasteiger partial charge in [0.25, 0.3) is 0 Å². The summed E-state index contributed by atoms with van der Waals surface area (Å²) < 4.78 is 6.54. The van der Waals surface area contributed by atoms with Gasteiger partial charge in [0.1, 0.15) is 11.9 Å². The number of carbonyl (C=O) groups is 3. The van der Waals surface area contributed by atoms with Gasteiger partial charge in [-0.2, -0.15) is 0 Å². The van der Waals surface area contributed by atoms with E-state index in [-0.39, 0.29) is 37.4 Å². The van der Waals surface area contributed by atoms with Gasteiger partial charge in [-0.05, 0) is 48.7 Å². The van der Waals surface area contributed by atoms with E-state index >= 15 is 0 Å². The third kappa shape index (κ3) is 7.71. The SMILES string of the molecule is C[C@H](CO)N1C[C@H](C)[C@H](CN(C)C(=O)Nc2cccc3ccccc23)Oc2ccc(NC(=O)Nc3ccccc3)cc2CC1=O. The Morgan fingerprint density at radius 3 is 2.44 bits per heavy atom. The summed E-state index contributed by atoms with van der Waals surface area (Å²) in [5, 5.41) is 20.5. The fourth-order valence-corrected chi connectivity index (χ4v) is 5.44. The number of benzene rings is 4. The molecule has 4 aromatic carbocycles. The predicted octanol–water partition coefficient (Wildman–Crippen LogP) is 5.80. The molecule has 0 aromatic heterocycles. The Balaban J connectivity index is 1.36. The van der Waals surface area contributed by atoms with E-state index in [1.807, 2.05) is 67.6 Å². The molecule has 0 saturated carbocycles. The topological polar surface area (TPSA) is 123 Å². The number of nitrogens with zero attached hydrogens (tertiary/aromatic N) is 2. The number of urea groups is 2. The number of likely N-dealkylation sites (N-methyl/N-ethyl adjacent to an activating group) is 1. The summed E-state index contributed by atoms with van der Waals surface area (Å²) in [6.45, 7) is 4.16. The molecule has 4 N–H and O–H groups in total. The first-order chi connectivity index (χ1) is 21.7. The molecule has 0 aliphatic carbocycles. The predicted molar refractivity (Wildman–Crippen MR) is 177 cm³/mol.